The molecule has 1 aromatic heterocycles. The molecule has 0 aliphatic heterocycles. The van der Waals surface area contributed by atoms with E-state index in [1.807, 2.05) is 13.8 Å². The topological polar surface area (TPSA) is 55.2 Å². The van der Waals surface area contributed by atoms with Gasteiger partial charge < -0.3 is 0 Å². The predicted molar refractivity (Wildman–Crippen MR) is 58.2 cm³/mol. The van der Waals surface area contributed by atoms with Gasteiger partial charge in [-0.15, -0.1) is 0 Å². The fourth-order valence-corrected chi connectivity index (χ4v) is 2.23. The van der Waals surface area contributed by atoms with Gasteiger partial charge in [0.15, 0.2) is 0 Å². The van der Waals surface area contributed by atoms with Crippen LogP contribution in [-0.4, -0.2) is 36.6 Å². The van der Waals surface area contributed by atoms with E-state index in [1.165, 1.54) is 18.4 Å². The summed E-state index contributed by atoms with van der Waals surface area (Å²) in [5.41, 5.74) is 0.539. The molecule has 6 heteroatoms. The van der Waals surface area contributed by atoms with Gasteiger partial charge in [-0.3, -0.25) is 4.68 Å². The van der Waals surface area contributed by atoms with Crippen LogP contribution in [0, 0.1) is 6.92 Å². The standard InChI is InChI=1S/C9H17N3O2S/c1-7(2)12-6-9(8(3)10-12)15(13,14)11(4)5/h6-7H,1-5H3. The molecule has 0 unspecified atom stereocenters. The first-order chi connectivity index (χ1) is 6.76. The second-order valence-corrected chi connectivity index (χ2v) is 6.06. The van der Waals surface area contributed by atoms with Crippen molar-refractivity contribution in [2.75, 3.05) is 14.1 Å². The molecule has 0 fully saturated rings. The van der Waals surface area contributed by atoms with Crippen LogP contribution in [0.5, 0.6) is 0 Å². The van der Waals surface area contributed by atoms with Crippen molar-refractivity contribution >= 4 is 10.0 Å². The molecule has 86 valence electrons. The molecule has 0 N–H and O–H groups in total. The molecule has 0 bridgehead atoms. The Balaban J connectivity index is 3.28. The number of rotatable bonds is 3. The minimum absolute atomic E-state index is 0.162. The van der Waals surface area contributed by atoms with Crippen LogP contribution in [0.3, 0.4) is 0 Å². The lowest BCUT2D eigenvalue weighted by molar-refractivity contribution is 0.517. The molecule has 0 spiro atoms. The van der Waals surface area contributed by atoms with E-state index in [0.29, 0.717) is 5.69 Å². The Kier molecular flexibility index (Phi) is 3.20. The summed E-state index contributed by atoms with van der Waals surface area (Å²) in [6.07, 6.45) is 1.58. The van der Waals surface area contributed by atoms with Gasteiger partial charge in [0.25, 0.3) is 0 Å². The van der Waals surface area contributed by atoms with Crippen molar-refractivity contribution < 1.29 is 8.42 Å². The van der Waals surface area contributed by atoms with Gasteiger partial charge in [0.1, 0.15) is 4.90 Å². The van der Waals surface area contributed by atoms with Crippen LogP contribution < -0.4 is 0 Å². The Morgan fingerprint density at radius 2 is 1.93 bits per heavy atom. The lowest BCUT2D eigenvalue weighted by Gasteiger charge is -2.09. The van der Waals surface area contributed by atoms with Crippen LogP contribution in [-0.2, 0) is 10.0 Å². The monoisotopic (exact) mass is 231 g/mol. The molecule has 5 nitrogen and oxygen atoms in total. The Labute approximate surface area is 90.7 Å². The van der Waals surface area contributed by atoms with Gasteiger partial charge in [0.2, 0.25) is 10.0 Å². The van der Waals surface area contributed by atoms with Crippen molar-refractivity contribution in [3.8, 4) is 0 Å². The van der Waals surface area contributed by atoms with Gasteiger partial charge in [0, 0.05) is 26.3 Å². The number of aromatic nitrogens is 2. The lowest BCUT2D eigenvalue weighted by atomic mass is 10.4. The first-order valence-electron chi connectivity index (χ1n) is 4.75. The van der Waals surface area contributed by atoms with Crippen LogP contribution in [0.2, 0.25) is 0 Å². The Morgan fingerprint density at radius 1 is 1.40 bits per heavy atom. The van der Waals surface area contributed by atoms with Gasteiger partial charge in [-0.05, 0) is 20.8 Å². The first-order valence-corrected chi connectivity index (χ1v) is 6.19. The summed E-state index contributed by atoms with van der Waals surface area (Å²) in [6.45, 7) is 5.62. The summed E-state index contributed by atoms with van der Waals surface area (Å²) < 4.78 is 26.6. The molecule has 1 rings (SSSR count). The fraction of sp³-hybridized carbons (Fsp3) is 0.667. The van der Waals surface area contributed by atoms with E-state index >= 15 is 0 Å². The summed E-state index contributed by atoms with van der Waals surface area (Å²) in [5, 5.41) is 4.17. The van der Waals surface area contributed by atoms with Crippen LogP contribution in [0.15, 0.2) is 11.1 Å². The van der Waals surface area contributed by atoms with Crippen molar-refractivity contribution in [1.82, 2.24) is 14.1 Å². The molecule has 0 aliphatic rings. The highest BCUT2D eigenvalue weighted by atomic mass is 32.2. The normalized spacial score (nSPS) is 12.7. The van der Waals surface area contributed by atoms with E-state index in [9.17, 15) is 8.42 Å². The largest absolute Gasteiger partial charge is 0.269 e. The fourth-order valence-electron chi connectivity index (χ4n) is 1.18. The Bertz CT molecular complexity index is 446. The number of aryl methyl sites for hydroxylation is 1. The molecule has 1 heterocycles. The van der Waals surface area contributed by atoms with Gasteiger partial charge >= 0.3 is 0 Å². The highest BCUT2D eigenvalue weighted by Crippen LogP contribution is 2.18. The molecular weight excluding hydrogens is 214 g/mol. The van der Waals surface area contributed by atoms with Crippen LogP contribution in [0.1, 0.15) is 25.6 Å². The minimum Gasteiger partial charge on any atom is -0.269 e. The molecule has 0 aliphatic carbocycles. The van der Waals surface area contributed by atoms with Crippen molar-refractivity contribution in [2.45, 2.75) is 31.7 Å². The second kappa shape index (κ2) is 3.94. The maximum Gasteiger partial charge on any atom is 0.245 e. The average molecular weight is 231 g/mol. The van der Waals surface area contributed by atoms with Crippen molar-refractivity contribution in [1.29, 1.82) is 0 Å². The third-order valence-electron chi connectivity index (χ3n) is 2.16. The average Bonchev–Trinajstić information content (AvgIpc) is 2.47. The molecule has 0 amide bonds. The first kappa shape index (κ1) is 12.2. The molecular formula is C9H17N3O2S. The van der Waals surface area contributed by atoms with Crippen molar-refractivity contribution in [3.05, 3.63) is 11.9 Å². The molecule has 0 radical (unpaired) electrons. The third-order valence-corrected chi connectivity index (χ3v) is 4.08. The van der Waals surface area contributed by atoms with Crippen LogP contribution in [0.25, 0.3) is 0 Å². The number of nitrogens with zero attached hydrogens (tertiary/aromatic N) is 3. The highest BCUT2D eigenvalue weighted by Gasteiger charge is 2.23. The summed E-state index contributed by atoms with van der Waals surface area (Å²) in [4.78, 5) is 0.279. The zero-order chi connectivity index (χ0) is 11.8. The van der Waals surface area contributed by atoms with Gasteiger partial charge in [-0.2, -0.15) is 5.10 Å². The summed E-state index contributed by atoms with van der Waals surface area (Å²) >= 11 is 0. The van der Waals surface area contributed by atoms with E-state index in [1.54, 1.807) is 17.8 Å². The summed E-state index contributed by atoms with van der Waals surface area (Å²) in [6, 6.07) is 0.162. The number of hydrogen-bond donors (Lipinski definition) is 0. The van der Waals surface area contributed by atoms with E-state index in [4.69, 9.17) is 0 Å². The lowest BCUT2D eigenvalue weighted by Crippen LogP contribution is -2.22. The molecule has 0 atom stereocenters. The molecule has 0 saturated carbocycles. The smallest absolute Gasteiger partial charge is 0.245 e. The van der Waals surface area contributed by atoms with Crippen LogP contribution in [0.4, 0.5) is 0 Å². The SMILES string of the molecule is Cc1nn(C(C)C)cc1S(=O)(=O)N(C)C. The van der Waals surface area contributed by atoms with E-state index < -0.39 is 10.0 Å². The van der Waals surface area contributed by atoms with Gasteiger partial charge in [0.05, 0.1) is 5.69 Å². The summed E-state index contributed by atoms with van der Waals surface area (Å²) in [7, 11) is -0.340. The van der Waals surface area contributed by atoms with Gasteiger partial charge in [-0.1, -0.05) is 0 Å². The molecule has 0 saturated heterocycles. The van der Waals surface area contributed by atoms with E-state index in [2.05, 4.69) is 5.10 Å². The maximum absolute atomic E-state index is 11.9. The number of sulfonamides is 1. The highest BCUT2D eigenvalue weighted by molar-refractivity contribution is 7.89. The van der Waals surface area contributed by atoms with Gasteiger partial charge in [-0.25, -0.2) is 12.7 Å². The second-order valence-electron chi connectivity index (χ2n) is 3.94. The zero-order valence-corrected chi connectivity index (χ0v) is 10.5. The minimum atomic E-state index is -3.37. The molecule has 1 aromatic rings. The van der Waals surface area contributed by atoms with E-state index in [-0.39, 0.29) is 10.9 Å². The molecule has 0 aromatic carbocycles. The predicted octanol–water partition coefficient (Wildman–Crippen LogP) is 1.02. The molecule has 15 heavy (non-hydrogen) atoms. The quantitative estimate of drug-likeness (QED) is 0.780. The maximum atomic E-state index is 11.9. The van der Waals surface area contributed by atoms with Crippen molar-refractivity contribution in [2.24, 2.45) is 0 Å². The Hall–Kier alpha value is -0.880. The van der Waals surface area contributed by atoms with Crippen molar-refractivity contribution in [3.63, 3.8) is 0 Å². The van der Waals surface area contributed by atoms with E-state index in [0.717, 1.165) is 0 Å². The third kappa shape index (κ3) is 2.21. The summed E-state index contributed by atoms with van der Waals surface area (Å²) in [5.74, 6) is 0. The Morgan fingerprint density at radius 3 is 2.27 bits per heavy atom. The number of hydrogen-bond acceptors (Lipinski definition) is 3. The zero-order valence-electron chi connectivity index (χ0n) is 9.72. The van der Waals surface area contributed by atoms with Crippen LogP contribution >= 0.6 is 0 Å².